The number of hydrogen-bond acceptors (Lipinski definition) is 7. The number of carbonyl (C=O) groups excluding carboxylic acids is 3. The van der Waals surface area contributed by atoms with Crippen LogP contribution < -0.4 is 10.5 Å². The van der Waals surface area contributed by atoms with E-state index < -0.39 is 17.8 Å². The smallest absolute Gasteiger partial charge is 0.354 e. The van der Waals surface area contributed by atoms with Gasteiger partial charge in [-0.15, -0.1) is 12.4 Å². The van der Waals surface area contributed by atoms with E-state index in [4.69, 9.17) is 14.9 Å². The fourth-order valence-electron chi connectivity index (χ4n) is 2.52. The molecule has 0 radical (unpaired) electrons. The van der Waals surface area contributed by atoms with E-state index in [1.807, 2.05) is 24.3 Å². The number of hydrazone groups is 1. The number of ether oxygens (including phenoxy) is 1. The summed E-state index contributed by atoms with van der Waals surface area (Å²) < 4.78 is 10.8. The van der Waals surface area contributed by atoms with Crippen molar-refractivity contribution in [1.82, 2.24) is 9.91 Å². The molecule has 4 amide bonds. The first-order valence-electron chi connectivity index (χ1n) is 8.19. The molecule has 148 valence electrons. The Morgan fingerprint density at radius 3 is 2.61 bits per heavy atom. The molecule has 1 saturated heterocycles. The van der Waals surface area contributed by atoms with E-state index in [0.717, 1.165) is 16.3 Å². The van der Waals surface area contributed by atoms with Crippen molar-refractivity contribution >= 4 is 36.5 Å². The molecule has 0 bridgehead atoms. The molecule has 3 rings (SSSR count). The van der Waals surface area contributed by atoms with E-state index in [-0.39, 0.29) is 31.9 Å². The first kappa shape index (κ1) is 21.1. The second-order valence-electron chi connectivity index (χ2n) is 5.68. The summed E-state index contributed by atoms with van der Waals surface area (Å²) in [6, 6.07) is 9.97. The lowest BCUT2D eigenvalue weighted by atomic mass is 10.2. The Kier molecular flexibility index (Phi) is 6.91. The van der Waals surface area contributed by atoms with Crippen molar-refractivity contribution < 1.29 is 23.5 Å². The van der Waals surface area contributed by atoms with Gasteiger partial charge in [0.15, 0.2) is 0 Å². The molecule has 0 aliphatic carbocycles. The molecule has 1 aliphatic rings. The number of rotatable bonds is 6. The quantitative estimate of drug-likeness (QED) is 0.577. The molecule has 2 aromatic rings. The minimum Gasteiger partial charge on any atom is -0.497 e. The lowest BCUT2D eigenvalue weighted by Crippen LogP contribution is -2.38. The summed E-state index contributed by atoms with van der Waals surface area (Å²) >= 11 is 0. The van der Waals surface area contributed by atoms with Crippen LogP contribution in [0.15, 0.2) is 45.9 Å². The SMILES string of the molecule is COc1ccc(-c2ccc(C=NN3CC(=O)N(C(=O)CCN)C3=O)o2)cc1.Cl. The van der Waals surface area contributed by atoms with E-state index in [1.54, 1.807) is 19.2 Å². The molecule has 0 unspecified atom stereocenters. The number of urea groups is 1. The van der Waals surface area contributed by atoms with E-state index in [9.17, 15) is 14.4 Å². The average Bonchev–Trinajstić information content (AvgIpc) is 3.24. The van der Waals surface area contributed by atoms with Gasteiger partial charge >= 0.3 is 6.03 Å². The fourth-order valence-corrected chi connectivity index (χ4v) is 2.52. The van der Waals surface area contributed by atoms with Crippen molar-refractivity contribution in [2.75, 3.05) is 20.2 Å². The Balaban J connectivity index is 0.00000280. The maximum atomic E-state index is 12.2. The van der Waals surface area contributed by atoms with Gasteiger partial charge in [0, 0.05) is 18.5 Å². The highest BCUT2D eigenvalue weighted by molar-refractivity contribution is 6.15. The van der Waals surface area contributed by atoms with Crippen molar-refractivity contribution in [3.8, 4) is 17.1 Å². The van der Waals surface area contributed by atoms with Crippen molar-refractivity contribution in [3.05, 3.63) is 42.2 Å². The minimum absolute atomic E-state index is 0. The summed E-state index contributed by atoms with van der Waals surface area (Å²) in [7, 11) is 1.59. The maximum absolute atomic E-state index is 12.2. The maximum Gasteiger partial charge on any atom is 0.354 e. The van der Waals surface area contributed by atoms with Gasteiger partial charge in [-0.05, 0) is 36.4 Å². The number of carbonyl (C=O) groups is 3. The number of halogens is 1. The molecule has 2 N–H and O–H groups in total. The van der Waals surface area contributed by atoms with E-state index in [1.165, 1.54) is 6.21 Å². The summed E-state index contributed by atoms with van der Waals surface area (Å²) in [6.45, 7) is -0.253. The molecule has 1 aromatic carbocycles. The van der Waals surface area contributed by atoms with Crippen LogP contribution in [-0.4, -0.2) is 54.2 Å². The predicted molar refractivity (Wildman–Crippen MR) is 103 cm³/mol. The standard InChI is InChI=1S/C18H18N4O5.ClH/c1-26-13-4-2-12(3-5-13)15-7-6-14(27-15)10-20-21-11-17(24)22(18(21)25)16(23)8-9-19;/h2-7,10H,8-9,11,19H2,1H3;1H. The molecule has 1 aromatic heterocycles. The largest absolute Gasteiger partial charge is 0.497 e. The first-order chi connectivity index (χ1) is 13.0. The third-order valence-corrected chi connectivity index (χ3v) is 3.88. The fraction of sp³-hybridized carbons (Fsp3) is 0.222. The van der Waals surface area contributed by atoms with Crippen molar-refractivity contribution in [2.24, 2.45) is 10.8 Å². The Morgan fingerprint density at radius 1 is 1.25 bits per heavy atom. The Hall–Kier alpha value is -3.17. The Bertz CT molecular complexity index is 894. The van der Waals surface area contributed by atoms with Crippen LogP contribution in [0.25, 0.3) is 11.3 Å². The van der Waals surface area contributed by atoms with Crippen molar-refractivity contribution in [1.29, 1.82) is 0 Å². The molecule has 10 heteroatoms. The number of benzene rings is 1. The zero-order chi connectivity index (χ0) is 19.4. The third-order valence-electron chi connectivity index (χ3n) is 3.88. The summed E-state index contributed by atoms with van der Waals surface area (Å²) in [5, 5.41) is 4.86. The molecular formula is C18H19ClN4O5. The number of imide groups is 3. The highest BCUT2D eigenvalue weighted by atomic mass is 35.5. The van der Waals surface area contributed by atoms with Gasteiger partial charge in [-0.1, -0.05) is 0 Å². The second-order valence-corrected chi connectivity index (χ2v) is 5.68. The molecule has 1 aliphatic heterocycles. The molecule has 0 atom stereocenters. The molecule has 9 nitrogen and oxygen atoms in total. The summed E-state index contributed by atoms with van der Waals surface area (Å²) in [5.41, 5.74) is 6.14. The van der Waals surface area contributed by atoms with Gasteiger partial charge in [0.1, 0.15) is 23.8 Å². The predicted octanol–water partition coefficient (Wildman–Crippen LogP) is 1.85. The Morgan fingerprint density at radius 2 is 1.96 bits per heavy atom. The highest BCUT2D eigenvalue weighted by Gasteiger charge is 2.40. The second kappa shape index (κ2) is 9.16. The van der Waals surface area contributed by atoms with Gasteiger partial charge < -0.3 is 14.9 Å². The van der Waals surface area contributed by atoms with Gasteiger partial charge in [-0.25, -0.2) is 9.80 Å². The normalized spacial score (nSPS) is 13.9. The lowest BCUT2D eigenvalue weighted by molar-refractivity contribution is -0.138. The third kappa shape index (κ3) is 4.38. The average molecular weight is 407 g/mol. The summed E-state index contributed by atoms with van der Waals surface area (Å²) in [6.07, 6.45) is 1.23. The van der Waals surface area contributed by atoms with Crippen LogP contribution in [0.4, 0.5) is 4.79 Å². The van der Waals surface area contributed by atoms with E-state index >= 15 is 0 Å². The molecule has 0 spiro atoms. The van der Waals surface area contributed by atoms with Crippen molar-refractivity contribution in [2.45, 2.75) is 6.42 Å². The van der Waals surface area contributed by atoms with E-state index in [2.05, 4.69) is 5.10 Å². The zero-order valence-corrected chi connectivity index (χ0v) is 15.8. The van der Waals surface area contributed by atoms with Crippen LogP contribution in [0.2, 0.25) is 0 Å². The topological polar surface area (TPSA) is 118 Å². The number of methoxy groups -OCH3 is 1. The van der Waals surface area contributed by atoms with Crippen LogP contribution >= 0.6 is 12.4 Å². The van der Waals surface area contributed by atoms with Crippen LogP contribution in [0.3, 0.4) is 0 Å². The Labute approximate surface area is 167 Å². The van der Waals surface area contributed by atoms with Crippen LogP contribution in [0, 0.1) is 0 Å². The number of hydrogen-bond donors (Lipinski definition) is 1. The molecule has 2 heterocycles. The number of amides is 4. The van der Waals surface area contributed by atoms with Crippen LogP contribution in [0.1, 0.15) is 12.2 Å². The van der Waals surface area contributed by atoms with Gasteiger partial charge in [0.2, 0.25) is 5.91 Å². The summed E-state index contributed by atoms with van der Waals surface area (Å²) in [5.74, 6) is 0.479. The van der Waals surface area contributed by atoms with Crippen LogP contribution in [-0.2, 0) is 9.59 Å². The van der Waals surface area contributed by atoms with Gasteiger partial charge in [0.05, 0.1) is 13.3 Å². The van der Waals surface area contributed by atoms with Crippen molar-refractivity contribution in [3.63, 3.8) is 0 Å². The van der Waals surface area contributed by atoms with E-state index in [0.29, 0.717) is 16.4 Å². The van der Waals surface area contributed by atoms with Gasteiger partial charge in [-0.2, -0.15) is 10.0 Å². The van der Waals surface area contributed by atoms with Gasteiger partial charge in [-0.3, -0.25) is 9.59 Å². The minimum atomic E-state index is -0.795. The van der Waals surface area contributed by atoms with Crippen LogP contribution in [0.5, 0.6) is 5.75 Å². The lowest BCUT2D eigenvalue weighted by Gasteiger charge is -2.11. The zero-order valence-electron chi connectivity index (χ0n) is 15.0. The summed E-state index contributed by atoms with van der Waals surface area (Å²) in [4.78, 5) is 36.4. The number of furan rings is 1. The monoisotopic (exact) mass is 406 g/mol. The molecule has 0 saturated carbocycles. The number of nitrogens with two attached hydrogens (primary N) is 1. The molecule has 1 fully saturated rings. The molecular weight excluding hydrogens is 388 g/mol. The highest BCUT2D eigenvalue weighted by Crippen LogP contribution is 2.24. The number of nitrogens with zero attached hydrogens (tertiary/aromatic N) is 3. The first-order valence-corrected chi connectivity index (χ1v) is 8.19. The van der Waals surface area contributed by atoms with Gasteiger partial charge in [0.25, 0.3) is 5.91 Å². The molecule has 28 heavy (non-hydrogen) atoms.